The van der Waals surface area contributed by atoms with E-state index >= 15 is 0 Å². The van der Waals surface area contributed by atoms with Crippen LogP contribution >= 0.6 is 12.2 Å². The van der Waals surface area contributed by atoms with Gasteiger partial charge in [-0.2, -0.15) is 0 Å². The maximum atomic E-state index is 11.5. The van der Waals surface area contributed by atoms with Gasteiger partial charge in [0, 0.05) is 11.7 Å². The minimum absolute atomic E-state index is 0.108. The van der Waals surface area contributed by atoms with Crippen LogP contribution < -0.4 is 10.6 Å². The molecule has 1 aliphatic rings. The lowest BCUT2D eigenvalue weighted by Gasteiger charge is -2.15. The molecule has 120 valence electrons. The molecule has 0 aromatic heterocycles. The van der Waals surface area contributed by atoms with Gasteiger partial charge in [-0.3, -0.25) is 0 Å². The van der Waals surface area contributed by atoms with Gasteiger partial charge in [-0.05, 0) is 49.8 Å². The molecule has 22 heavy (non-hydrogen) atoms. The van der Waals surface area contributed by atoms with Crippen molar-refractivity contribution in [3.63, 3.8) is 0 Å². The van der Waals surface area contributed by atoms with Gasteiger partial charge in [0.05, 0.1) is 23.7 Å². The van der Waals surface area contributed by atoms with Crippen molar-refractivity contribution in [2.75, 3.05) is 23.4 Å². The van der Waals surface area contributed by atoms with Crippen LogP contribution in [0.4, 0.5) is 5.69 Å². The van der Waals surface area contributed by atoms with Crippen molar-refractivity contribution in [3.05, 3.63) is 29.8 Å². The van der Waals surface area contributed by atoms with Crippen molar-refractivity contribution in [3.8, 4) is 0 Å². The number of rotatable bonds is 4. The molecule has 1 aliphatic heterocycles. The SMILES string of the molecule is CCOC(=O)c1ccc(NC(=S)NC2CCS(=O)(=O)C2)cc1. The molecule has 0 bridgehead atoms. The molecule has 6 nitrogen and oxygen atoms in total. The van der Waals surface area contributed by atoms with E-state index in [1.807, 2.05) is 0 Å². The summed E-state index contributed by atoms with van der Waals surface area (Å²) < 4.78 is 27.7. The zero-order valence-electron chi connectivity index (χ0n) is 12.2. The van der Waals surface area contributed by atoms with Crippen LogP contribution in [-0.4, -0.2) is 43.7 Å². The number of carbonyl (C=O) groups excluding carboxylic acids is 1. The Morgan fingerprint density at radius 1 is 1.36 bits per heavy atom. The Morgan fingerprint density at radius 3 is 2.59 bits per heavy atom. The number of anilines is 1. The van der Waals surface area contributed by atoms with Gasteiger partial charge < -0.3 is 15.4 Å². The van der Waals surface area contributed by atoms with Crippen molar-refractivity contribution in [2.45, 2.75) is 19.4 Å². The van der Waals surface area contributed by atoms with Gasteiger partial charge in [0.1, 0.15) is 0 Å². The molecule has 2 rings (SSSR count). The molecule has 0 spiro atoms. The summed E-state index contributed by atoms with van der Waals surface area (Å²) in [6, 6.07) is 6.56. The highest BCUT2D eigenvalue weighted by Crippen LogP contribution is 2.13. The average molecular weight is 342 g/mol. The number of benzene rings is 1. The second kappa shape index (κ2) is 7.06. The number of ether oxygens (including phenoxy) is 1. The zero-order chi connectivity index (χ0) is 16.2. The highest BCUT2D eigenvalue weighted by molar-refractivity contribution is 7.91. The first-order chi connectivity index (χ1) is 10.4. The lowest BCUT2D eigenvalue weighted by molar-refractivity contribution is 0.0526. The van der Waals surface area contributed by atoms with Crippen molar-refractivity contribution >= 4 is 38.8 Å². The lowest BCUT2D eigenvalue weighted by Crippen LogP contribution is -2.38. The van der Waals surface area contributed by atoms with Gasteiger partial charge in [0.25, 0.3) is 0 Å². The Morgan fingerprint density at radius 2 is 2.05 bits per heavy atom. The van der Waals surface area contributed by atoms with Crippen LogP contribution in [0.1, 0.15) is 23.7 Å². The number of nitrogens with one attached hydrogen (secondary N) is 2. The molecule has 1 unspecified atom stereocenters. The summed E-state index contributed by atoms with van der Waals surface area (Å²) >= 11 is 5.16. The standard InChI is InChI=1S/C14H18N2O4S2/c1-2-20-13(17)10-3-5-11(6-4-10)15-14(21)16-12-7-8-22(18,19)9-12/h3-6,12H,2,7-9H2,1H3,(H2,15,16,21). The van der Waals surface area contributed by atoms with Gasteiger partial charge >= 0.3 is 5.97 Å². The molecule has 2 N–H and O–H groups in total. The van der Waals surface area contributed by atoms with Crippen molar-refractivity contribution in [1.29, 1.82) is 0 Å². The normalized spacial score (nSPS) is 19.4. The summed E-state index contributed by atoms with van der Waals surface area (Å²) in [6.45, 7) is 2.08. The summed E-state index contributed by atoms with van der Waals surface area (Å²) in [4.78, 5) is 11.5. The van der Waals surface area contributed by atoms with Gasteiger partial charge in [0.2, 0.25) is 0 Å². The second-order valence-corrected chi connectivity index (χ2v) is 7.63. The van der Waals surface area contributed by atoms with E-state index in [0.29, 0.717) is 29.4 Å². The molecule has 0 aliphatic carbocycles. The smallest absolute Gasteiger partial charge is 0.338 e. The maximum absolute atomic E-state index is 11.5. The zero-order valence-corrected chi connectivity index (χ0v) is 13.8. The molecule has 1 atom stereocenters. The minimum Gasteiger partial charge on any atom is -0.462 e. The quantitative estimate of drug-likeness (QED) is 0.631. The maximum Gasteiger partial charge on any atom is 0.338 e. The molecular formula is C14H18N2O4S2. The summed E-state index contributed by atoms with van der Waals surface area (Å²) in [5.41, 5.74) is 1.18. The molecular weight excluding hydrogens is 324 g/mol. The first-order valence-electron chi connectivity index (χ1n) is 6.95. The fraction of sp³-hybridized carbons (Fsp3) is 0.429. The Balaban J connectivity index is 1.88. The largest absolute Gasteiger partial charge is 0.462 e. The molecule has 0 amide bonds. The predicted molar refractivity (Wildman–Crippen MR) is 88.8 cm³/mol. The topological polar surface area (TPSA) is 84.5 Å². The first-order valence-corrected chi connectivity index (χ1v) is 9.17. The van der Waals surface area contributed by atoms with E-state index < -0.39 is 9.84 Å². The number of carbonyl (C=O) groups is 1. The van der Waals surface area contributed by atoms with E-state index in [2.05, 4.69) is 10.6 Å². The molecule has 1 saturated heterocycles. The molecule has 1 aromatic rings. The first kappa shape index (κ1) is 16.7. The van der Waals surface area contributed by atoms with Crippen molar-refractivity contribution in [2.24, 2.45) is 0 Å². The van der Waals surface area contributed by atoms with Crippen LogP contribution in [0.3, 0.4) is 0 Å². The summed E-state index contributed by atoms with van der Waals surface area (Å²) in [5.74, 6) is -0.0658. The fourth-order valence-corrected chi connectivity index (χ4v) is 4.12. The third-order valence-electron chi connectivity index (χ3n) is 3.22. The third kappa shape index (κ3) is 4.67. The van der Waals surface area contributed by atoms with Crippen LogP contribution in [0.2, 0.25) is 0 Å². The van der Waals surface area contributed by atoms with Gasteiger partial charge in [-0.15, -0.1) is 0 Å². The van der Waals surface area contributed by atoms with Crippen molar-refractivity contribution < 1.29 is 17.9 Å². The predicted octanol–water partition coefficient (Wildman–Crippen LogP) is 1.34. The highest BCUT2D eigenvalue weighted by atomic mass is 32.2. The monoisotopic (exact) mass is 342 g/mol. The molecule has 1 fully saturated rings. The summed E-state index contributed by atoms with van der Waals surface area (Å²) in [6.07, 6.45) is 0.561. The number of thiocarbonyl (C=S) groups is 1. The van der Waals surface area contributed by atoms with Gasteiger partial charge in [0.15, 0.2) is 14.9 Å². The Kier molecular flexibility index (Phi) is 5.36. The van der Waals surface area contributed by atoms with Crippen LogP contribution in [0.15, 0.2) is 24.3 Å². The van der Waals surface area contributed by atoms with E-state index in [1.54, 1.807) is 31.2 Å². The molecule has 1 aromatic carbocycles. The number of hydrogen-bond acceptors (Lipinski definition) is 5. The van der Waals surface area contributed by atoms with E-state index in [1.165, 1.54) is 0 Å². The van der Waals surface area contributed by atoms with Crippen LogP contribution in [0, 0.1) is 0 Å². The van der Waals surface area contributed by atoms with Gasteiger partial charge in [-0.25, -0.2) is 13.2 Å². The van der Waals surface area contributed by atoms with E-state index in [4.69, 9.17) is 17.0 Å². The minimum atomic E-state index is -2.94. The Labute approximate surface area is 135 Å². The average Bonchev–Trinajstić information content (AvgIpc) is 2.78. The number of sulfone groups is 1. The van der Waals surface area contributed by atoms with Crippen LogP contribution in [0.25, 0.3) is 0 Å². The molecule has 8 heteroatoms. The Hall–Kier alpha value is -1.67. The van der Waals surface area contributed by atoms with Gasteiger partial charge in [-0.1, -0.05) is 0 Å². The van der Waals surface area contributed by atoms with E-state index in [9.17, 15) is 13.2 Å². The van der Waals surface area contributed by atoms with Crippen LogP contribution in [-0.2, 0) is 14.6 Å². The summed E-state index contributed by atoms with van der Waals surface area (Å²) in [5, 5.41) is 6.32. The molecule has 0 saturated carbocycles. The van der Waals surface area contributed by atoms with Crippen LogP contribution in [0.5, 0.6) is 0 Å². The Bertz CT molecular complexity index is 656. The highest BCUT2D eigenvalue weighted by Gasteiger charge is 2.28. The van der Waals surface area contributed by atoms with E-state index in [0.717, 1.165) is 0 Å². The second-order valence-electron chi connectivity index (χ2n) is 5.00. The molecule has 1 heterocycles. The molecule has 0 radical (unpaired) electrons. The third-order valence-corrected chi connectivity index (χ3v) is 5.21. The summed E-state index contributed by atoms with van der Waals surface area (Å²) in [7, 11) is -2.94. The fourth-order valence-electron chi connectivity index (χ4n) is 2.17. The number of esters is 1. The van der Waals surface area contributed by atoms with E-state index in [-0.39, 0.29) is 23.5 Å². The van der Waals surface area contributed by atoms with Crippen molar-refractivity contribution in [1.82, 2.24) is 5.32 Å². The lowest BCUT2D eigenvalue weighted by atomic mass is 10.2. The number of hydrogen-bond donors (Lipinski definition) is 2.